The Balaban J connectivity index is 2.22. The molecule has 1 amide bonds. The maximum absolute atomic E-state index is 13.5. The summed E-state index contributed by atoms with van der Waals surface area (Å²) in [6.45, 7) is 1.66. The van der Waals surface area contributed by atoms with Crippen LogP contribution in [-0.2, 0) is 11.2 Å². The van der Waals surface area contributed by atoms with Gasteiger partial charge < -0.3 is 10.4 Å². The maximum atomic E-state index is 13.5. The molecule has 3 aromatic rings. The van der Waals surface area contributed by atoms with Crippen LogP contribution in [0.4, 0.5) is 8.78 Å². The number of carbonyl (C=O) groups excluding carboxylic acids is 2. The first-order valence-corrected chi connectivity index (χ1v) is 7.86. The third-order valence-electron chi connectivity index (χ3n) is 4.30. The van der Waals surface area contributed by atoms with Gasteiger partial charge in [0, 0.05) is 23.7 Å². The molecule has 0 aliphatic carbocycles. The van der Waals surface area contributed by atoms with E-state index in [0.717, 1.165) is 12.1 Å². The number of amides is 1. The van der Waals surface area contributed by atoms with Crippen LogP contribution in [0.3, 0.4) is 0 Å². The Morgan fingerprint density at radius 3 is 2.50 bits per heavy atom. The number of hydrogen-bond acceptors (Lipinski definition) is 3. The average Bonchev–Trinajstić information content (AvgIpc) is 2.88. The number of fused-ring (bicyclic) bond motifs is 1. The number of benzene rings is 2. The van der Waals surface area contributed by atoms with Gasteiger partial charge in [-0.2, -0.15) is 0 Å². The van der Waals surface area contributed by atoms with Crippen molar-refractivity contribution in [3.63, 3.8) is 0 Å². The largest absolute Gasteiger partial charge is 0.508 e. The molecule has 7 heteroatoms. The standard InChI is InChI=1S/C19H16F2N2O3/c1-10-13(9-18(25)22-2)14-8-12(24)4-6-17(14)23(10)19(26)11-3-5-15(20)16(21)7-11/h3-8,24H,9H2,1-2H3,(H,22,25). The normalized spacial score (nSPS) is 10.9. The van der Waals surface area contributed by atoms with Gasteiger partial charge in [-0.25, -0.2) is 8.78 Å². The highest BCUT2D eigenvalue weighted by molar-refractivity contribution is 6.05. The fraction of sp³-hybridized carbons (Fsp3) is 0.158. The molecule has 5 nitrogen and oxygen atoms in total. The highest BCUT2D eigenvalue weighted by Gasteiger charge is 2.22. The highest BCUT2D eigenvalue weighted by Crippen LogP contribution is 2.30. The van der Waals surface area contributed by atoms with Crippen molar-refractivity contribution >= 4 is 22.7 Å². The number of phenolic OH excluding ortho intramolecular Hbond substituents is 1. The second-order valence-electron chi connectivity index (χ2n) is 5.88. The third-order valence-corrected chi connectivity index (χ3v) is 4.30. The summed E-state index contributed by atoms with van der Waals surface area (Å²) < 4.78 is 28.0. The molecule has 0 saturated heterocycles. The second kappa shape index (κ2) is 6.59. The SMILES string of the molecule is CNC(=O)Cc1c(C)n(C(=O)c2ccc(F)c(F)c2)c2ccc(O)cc12. The van der Waals surface area contributed by atoms with E-state index in [1.54, 1.807) is 13.0 Å². The van der Waals surface area contributed by atoms with E-state index in [1.165, 1.54) is 29.8 Å². The molecule has 0 saturated carbocycles. The van der Waals surface area contributed by atoms with E-state index in [4.69, 9.17) is 0 Å². The first-order valence-electron chi connectivity index (χ1n) is 7.86. The Labute approximate surface area is 147 Å². The summed E-state index contributed by atoms with van der Waals surface area (Å²) in [7, 11) is 1.50. The van der Waals surface area contributed by atoms with E-state index >= 15 is 0 Å². The topological polar surface area (TPSA) is 71.3 Å². The number of phenols is 1. The van der Waals surface area contributed by atoms with E-state index in [9.17, 15) is 23.5 Å². The molecular weight excluding hydrogens is 342 g/mol. The zero-order valence-corrected chi connectivity index (χ0v) is 14.1. The van der Waals surface area contributed by atoms with Crippen LogP contribution in [0.2, 0.25) is 0 Å². The van der Waals surface area contributed by atoms with E-state index in [1.807, 2.05) is 0 Å². The summed E-state index contributed by atoms with van der Waals surface area (Å²) in [5, 5.41) is 12.8. The van der Waals surface area contributed by atoms with Crippen molar-refractivity contribution in [1.29, 1.82) is 0 Å². The molecule has 0 fully saturated rings. The molecule has 1 heterocycles. The van der Waals surface area contributed by atoms with Crippen LogP contribution in [0.5, 0.6) is 5.75 Å². The number of nitrogens with one attached hydrogen (secondary N) is 1. The minimum absolute atomic E-state index is 0.00641. The van der Waals surface area contributed by atoms with Gasteiger partial charge in [0.15, 0.2) is 11.6 Å². The molecule has 26 heavy (non-hydrogen) atoms. The van der Waals surface area contributed by atoms with Crippen LogP contribution >= 0.6 is 0 Å². The van der Waals surface area contributed by atoms with Crippen LogP contribution in [0.15, 0.2) is 36.4 Å². The predicted octanol–water partition coefficient (Wildman–Crippen LogP) is 2.91. The van der Waals surface area contributed by atoms with E-state index < -0.39 is 17.5 Å². The number of aromatic hydroxyl groups is 1. The first kappa shape index (κ1) is 17.6. The lowest BCUT2D eigenvalue weighted by Gasteiger charge is -2.08. The van der Waals surface area contributed by atoms with Gasteiger partial charge in [-0.15, -0.1) is 0 Å². The van der Waals surface area contributed by atoms with Crippen LogP contribution in [0.25, 0.3) is 10.9 Å². The lowest BCUT2D eigenvalue weighted by molar-refractivity contribution is -0.119. The lowest BCUT2D eigenvalue weighted by atomic mass is 10.1. The van der Waals surface area contributed by atoms with Gasteiger partial charge in [0.05, 0.1) is 11.9 Å². The molecule has 0 aliphatic rings. The summed E-state index contributed by atoms with van der Waals surface area (Å²) in [6, 6.07) is 7.35. The molecule has 0 aliphatic heterocycles. The Hall–Kier alpha value is -3.22. The lowest BCUT2D eigenvalue weighted by Crippen LogP contribution is -2.20. The van der Waals surface area contributed by atoms with Crippen molar-refractivity contribution in [2.24, 2.45) is 0 Å². The smallest absolute Gasteiger partial charge is 0.262 e. The van der Waals surface area contributed by atoms with Crippen molar-refractivity contribution < 1.29 is 23.5 Å². The Morgan fingerprint density at radius 2 is 1.85 bits per heavy atom. The summed E-state index contributed by atoms with van der Waals surface area (Å²) in [5.74, 6) is -2.97. The fourth-order valence-corrected chi connectivity index (χ4v) is 2.96. The van der Waals surface area contributed by atoms with Crippen LogP contribution in [0.1, 0.15) is 21.6 Å². The first-order chi connectivity index (χ1) is 12.3. The second-order valence-corrected chi connectivity index (χ2v) is 5.88. The molecule has 2 N–H and O–H groups in total. The van der Waals surface area contributed by atoms with E-state index in [2.05, 4.69) is 5.32 Å². The molecular formula is C19H16F2N2O3. The van der Waals surface area contributed by atoms with Gasteiger partial charge in [0.1, 0.15) is 5.75 Å². The van der Waals surface area contributed by atoms with Crippen molar-refractivity contribution in [3.8, 4) is 5.75 Å². The summed E-state index contributed by atoms with van der Waals surface area (Å²) >= 11 is 0. The van der Waals surface area contributed by atoms with Gasteiger partial charge in [-0.05, 0) is 48.9 Å². The van der Waals surface area contributed by atoms with Gasteiger partial charge in [0.25, 0.3) is 5.91 Å². The number of aromatic nitrogens is 1. The van der Waals surface area contributed by atoms with E-state index in [0.29, 0.717) is 22.2 Å². The zero-order valence-electron chi connectivity index (χ0n) is 14.1. The minimum Gasteiger partial charge on any atom is -0.508 e. The Bertz CT molecular complexity index is 1040. The van der Waals surface area contributed by atoms with Gasteiger partial charge in [-0.1, -0.05) is 0 Å². The van der Waals surface area contributed by atoms with Crippen molar-refractivity contribution in [1.82, 2.24) is 9.88 Å². The summed E-state index contributed by atoms with van der Waals surface area (Å²) in [6.07, 6.45) is 0.0142. The Morgan fingerprint density at radius 1 is 1.12 bits per heavy atom. The van der Waals surface area contributed by atoms with Crippen molar-refractivity contribution in [2.75, 3.05) is 7.05 Å². The molecule has 0 bridgehead atoms. The zero-order chi connectivity index (χ0) is 19.0. The highest BCUT2D eigenvalue weighted by atomic mass is 19.2. The molecule has 0 radical (unpaired) electrons. The molecule has 0 spiro atoms. The average molecular weight is 358 g/mol. The Kier molecular flexibility index (Phi) is 4.46. The van der Waals surface area contributed by atoms with Crippen molar-refractivity contribution in [3.05, 3.63) is 64.9 Å². The summed E-state index contributed by atoms with van der Waals surface area (Å²) in [5.41, 5.74) is 1.51. The van der Waals surface area contributed by atoms with Crippen LogP contribution in [0, 0.1) is 18.6 Å². The van der Waals surface area contributed by atoms with Gasteiger partial charge >= 0.3 is 0 Å². The maximum Gasteiger partial charge on any atom is 0.262 e. The third kappa shape index (κ3) is 2.92. The van der Waals surface area contributed by atoms with Crippen LogP contribution in [-0.4, -0.2) is 28.5 Å². The predicted molar refractivity (Wildman–Crippen MR) is 92.2 cm³/mol. The number of nitrogens with zero attached hydrogens (tertiary/aromatic N) is 1. The quantitative estimate of drug-likeness (QED) is 0.756. The van der Waals surface area contributed by atoms with Gasteiger partial charge in [0.2, 0.25) is 5.91 Å². The summed E-state index contributed by atoms with van der Waals surface area (Å²) in [4.78, 5) is 24.7. The molecule has 134 valence electrons. The van der Waals surface area contributed by atoms with E-state index in [-0.39, 0.29) is 23.6 Å². The number of rotatable bonds is 3. The van der Waals surface area contributed by atoms with Gasteiger partial charge in [-0.3, -0.25) is 14.2 Å². The molecule has 2 aromatic carbocycles. The molecule has 3 rings (SSSR count). The van der Waals surface area contributed by atoms with Crippen LogP contribution < -0.4 is 5.32 Å². The number of hydrogen-bond donors (Lipinski definition) is 2. The van der Waals surface area contributed by atoms with Crippen molar-refractivity contribution in [2.45, 2.75) is 13.3 Å². The molecule has 0 unspecified atom stereocenters. The molecule has 0 atom stereocenters. The fourth-order valence-electron chi connectivity index (χ4n) is 2.96. The number of halogens is 2. The molecule has 1 aromatic heterocycles. The number of likely N-dealkylation sites (N-methyl/N-ethyl adjacent to an activating group) is 1. The monoisotopic (exact) mass is 358 g/mol. The number of carbonyl (C=O) groups is 2. The minimum atomic E-state index is -1.12.